The average molecular weight is 273 g/mol. The Morgan fingerprint density at radius 1 is 0.579 bits per heavy atom. The van der Waals surface area contributed by atoms with E-state index in [1.54, 1.807) is 0 Å². The van der Waals surface area contributed by atoms with Crippen molar-refractivity contribution in [2.75, 3.05) is 19.8 Å². The lowest BCUT2D eigenvalue weighted by Crippen LogP contribution is -2.05. The van der Waals surface area contributed by atoms with Crippen molar-refractivity contribution in [3.05, 3.63) is 0 Å². The normalized spacial score (nSPS) is 11.4. The van der Waals surface area contributed by atoms with Crippen LogP contribution in [0.4, 0.5) is 0 Å². The number of rotatable bonds is 15. The molecular weight excluding hydrogens is 238 g/mol. The summed E-state index contributed by atoms with van der Waals surface area (Å²) in [6.07, 6.45) is 14.6. The first-order valence-electron chi connectivity index (χ1n) is 8.27. The topological polar surface area (TPSA) is 66.5 Å². The number of aliphatic hydroxyl groups is 2. The third kappa shape index (κ3) is 14.1. The molecule has 0 aliphatic rings. The van der Waals surface area contributed by atoms with E-state index >= 15 is 0 Å². The van der Waals surface area contributed by atoms with E-state index in [4.69, 9.17) is 15.9 Å². The van der Waals surface area contributed by atoms with E-state index in [2.05, 4.69) is 0 Å². The van der Waals surface area contributed by atoms with Crippen LogP contribution in [0.5, 0.6) is 0 Å². The molecule has 0 saturated carbocycles. The largest absolute Gasteiger partial charge is 0.396 e. The lowest BCUT2D eigenvalue weighted by Gasteiger charge is -2.13. The molecule has 3 heteroatoms. The third-order valence-corrected chi connectivity index (χ3v) is 3.89. The molecule has 0 aromatic rings. The van der Waals surface area contributed by atoms with Gasteiger partial charge in [-0.1, -0.05) is 57.8 Å². The van der Waals surface area contributed by atoms with E-state index in [0.717, 1.165) is 25.8 Å². The van der Waals surface area contributed by atoms with Crippen LogP contribution in [-0.4, -0.2) is 30.0 Å². The highest BCUT2D eigenvalue weighted by molar-refractivity contribution is 4.59. The van der Waals surface area contributed by atoms with Crippen LogP contribution in [0.3, 0.4) is 0 Å². The Hall–Kier alpha value is -0.120. The van der Waals surface area contributed by atoms with E-state index in [1.165, 1.54) is 57.8 Å². The Bertz CT molecular complexity index is 159. The maximum Gasteiger partial charge on any atom is 0.0433 e. The van der Waals surface area contributed by atoms with Crippen molar-refractivity contribution < 1.29 is 10.2 Å². The van der Waals surface area contributed by atoms with Crippen LogP contribution in [0.2, 0.25) is 0 Å². The highest BCUT2D eigenvalue weighted by Gasteiger charge is 2.06. The van der Waals surface area contributed by atoms with E-state index in [0.29, 0.717) is 5.92 Å². The first kappa shape index (κ1) is 18.9. The van der Waals surface area contributed by atoms with Gasteiger partial charge in [-0.25, -0.2) is 0 Å². The summed E-state index contributed by atoms with van der Waals surface area (Å²) < 4.78 is 0. The van der Waals surface area contributed by atoms with Gasteiger partial charge in [-0.2, -0.15) is 0 Å². The highest BCUT2D eigenvalue weighted by atomic mass is 16.3. The zero-order chi connectivity index (χ0) is 14.2. The summed E-state index contributed by atoms with van der Waals surface area (Å²) in [4.78, 5) is 0. The van der Waals surface area contributed by atoms with Gasteiger partial charge in [0.05, 0.1) is 0 Å². The fourth-order valence-corrected chi connectivity index (χ4v) is 2.61. The molecule has 0 aliphatic carbocycles. The van der Waals surface area contributed by atoms with E-state index in [-0.39, 0.29) is 13.2 Å². The molecule has 0 aromatic carbocycles. The number of hydrogen-bond acceptors (Lipinski definition) is 3. The van der Waals surface area contributed by atoms with Crippen LogP contribution >= 0.6 is 0 Å². The zero-order valence-electron chi connectivity index (χ0n) is 12.7. The van der Waals surface area contributed by atoms with Gasteiger partial charge in [0.15, 0.2) is 0 Å². The van der Waals surface area contributed by atoms with Gasteiger partial charge >= 0.3 is 0 Å². The second-order valence-corrected chi connectivity index (χ2v) is 5.65. The van der Waals surface area contributed by atoms with Crippen molar-refractivity contribution in [2.24, 2.45) is 11.7 Å². The van der Waals surface area contributed by atoms with Gasteiger partial charge in [0.2, 0.25) is 0 Å². The fourth-order valence-electron chi connectivity index (χ4n) is 2.61. The standard InChI is InChI=1S/C16H35NO2/c17-13-9-7-5-3-1-2-4-6-8-10-16(11-14-18)12-15-19/h16,18-19H,1-15,17H2. The van der Waals surface area contributed by atoms with Crippen LogP contribution in [0.15, 0.2) is 0 Å². The molecule has 19 heavy (non-hydrogen) atoms. The summed E-state index contributed by atoms with van der Waals surface area (Å²) in [5, 5.41) is 17.9. The van der Waals surface area contributed by atoms with Crippen molar-refractivity contribution in [1.82, 2.24) is 0 Å². The predicted molar refractivity (Wildman–Crippen MR) is 82.1 cm³/mol. The zero-order valence-corrected chi connectivity index (χ0v) is 12.7. The predicted octanol–water partition coefficient (Wildman–Crippen LogP) is 3.23. The van der Waals surface area contributed by atoms with Gasteiger partial charge in [0.1, 0.15) is 0 Å². The van der Waals surface area contributed by atoms with E-state index < -0.39 is 0 Å². The molecule has 4 N–H and O–H groups in total. The second kappa shape index (κ2) is 15.9. The Balaban J connectivity index is 3.20. The summed E-state index contributed by atoms with van der Waals surface area (Å²) in [5.41, 5.74) is 5.46. The Morgan fingerprint density at radius 2 is 1.00 bits per heavy atom. The minimum absolute atomic E-state index is 0.257. The number of nitrogens with two attached hydrogens (primary N) is 1. The van der Waals surface area contributed by atoms with Gasteiger partial charge in [0.25, 0.3) is 0 Å². The summed E-state index contributed by atoms with van der Waals surface area (Å²) in [7, 11) is 0. The van der Waals surface area contributed by atoms with Gasteiger partial charge < -0.3 is 15.9 Å². The molecule has 0 amide bonds. The summed E-state index contributed by atoms with van der Waals surface area (Å²) in [6, 6.07) is 0. The molecule has 0 fully saturated rings. The Kier molecular flexibility index (Phi) is 15.8. The molecular formula is C16H35NO2. The monoisotopic (exact) mass is 273 g/mol. The van der Waals surface area contributed by atoms with Crippen LogP contribution in [0.1, 0.15) is 77.0 Å². The molecule has 0 radical (unpaired) electrons. The minimum atomic E-state index is 0.257. The first-order valence-corrected chi connectivity index (χ1v) is 8.27. The number of hydrogen-bond donors (Lipinski definition) is 3. The molecule has 3 nitrogen and oxygen atoms in total. The first-order chi connectivity index (χ1) is 9.35. The van der Waals surface area contributed by atoms with Crippen molar-refractivity contribution in [3.8, 4) is 0 Å². The molecule has 0 aromatic heterocycles. The lowest BCUT2D eigenvalue weighted by molar-refractivity contribution is 0.207. The van der Waals surface area contributed by atoms with E-state index in [1.807, 2.05) is 0 Å². The highest BCUT2D eigenvalue weighted by Crippen LogP contribution is 2.18. The third-order valence-electron chi connectivity index (χ3n) is 3.89. The lowest BCUT2D eigenvalue weighted by atomic mass is 9.94. The molecule has 0 unspecified atom stereocenters. The second-order valence-electron chi connectivity index (χ2n) is 5.65. The van der Waals surface area contributed by atoms with Gasteiger partial charge in [0, 0.05) is 13.2 Å². The van der Waals surface area contributed by atoms with Gasteiger partial charge in [-0.3, -0.25) is 0 Å². The maximum atomic E-state index is 8.94. The van der Waals surface area contributed by atoms with Crippen LogP contribution in [0, 0.1) is 5.92 Å². The van der Waals surface area contributed by atoms with Crippen molar-refractivity contribution in [1.29, 1.82) is 0 Å². The molecule has 0 heterocycles. The molecule has 0 spiro atoms. The number of unbranched alkanes of at least 4 members (excludes halogenated alkanes) is 8. The minimum Gasteiger partial charge on any atom is -0.396 e. The molecule has 0 bridgehead atoms. The molecule has 116 valence electrons. The molecule has 0 aliphatic heterocycles. The van der Waals surface area contributed by atoms with Crippen LogP contribution in [-0.2, 0) is 0 Å². The maximum absolute atomic E-state index is 8.94. The Labute approximate surface area is 119 Å². The summed E-state index contributed by atoms with van der Waals surface area (Å²) in [6.45, 7) is 1.35. The van der Waals surface area contributed by atoms with Crippen molar-refractivity contribution in [2.45, 2.75) is 77.0 Å². The van der Waals surface area contributed by atoms with Crippen LogP contribution in [0.25, 0.3) is 0 Å². The van der Waals surface area contributed by atoms with Crippen LogP contribution < -0.4 is 5.73 Å². The Morgan fingerprint density at radius 3 is 1.42 bits per heavy atom. The van der Waals surface area contributed by atoms with Crippen molar-refractivity contribution in [3.63, 3.8) is 0 Å². The number of aliphatic hydroxyl groups excluding tert-OH is 2. The van der Waals surface area contributed by atoms with E-state index in [9.17, 15) is 0 Å². The quantitative estimate of drug-likeness (QED) is 0.401. The van der Waals surface area contributed by atoms with Crippen molar-refractivity contribution >= 4 is 0 Å². The molecule has 0 rings (SSSR count). The van der Waals surface area contributed by atoms with Gasteiger partial charge in [-0.05, 0) is 31.7 Å². The summed E-state index contributed by atoms with van der Waals surface area (Å²) >= 11 is 0. The fraction of sp³-hybridized carbons (Fsp3) is 1.00. The molecule has 0 saturated heterocycles. The van der Waals surface area contributed by atoms with Gasteiger partial charge in [-0.15, -0.1) is 0 Å². The average Bonchev–Trinajstić information content (AvgIpc) is 2.41. The summed E-state index contributed by atoms with van der Waals surface area (Å²) in [5.74, 6) is 0.520. The smallest absolute Gasteiger partial charge is 0.0433 e. The SMILES string of the molecule is NCCCCCCCCCCCC(CCO)CCO. The molecule has 0 atom stereocenters.